The van der Waals surface area contributed by atoms with Crippen molar-refractivity contribution in [3.05, 3.63) is 70.2 Å². The maximum Gasteiger partial charge on any atom is 0.0451 e. The second-order valence-electron chi connectivity index (χ2n) is 6.93. The summed E-state index contributed by atoms with van der Waals surface area (Å²) >= 11 is 6.27. The van der Waals surface area contributed by atoms with Crippen LogP contribution in [0.4, 0.5) is 0 Å². The smallest absolute Gasteiger partial charge is 0.0451 e. The third kappa shape index (κ3) is 5.07. The highest BCUT2D eigenvalue weighted by Crippen LogP contribution is 2.22. The van der Waals surface area contributed by atoms with Gasteiger partial charge in [-0.25, -0.2) is 0 Å². The molecule has 0 unspecified atom stereocenters. The van der Waals surface area contributed by atoms with E-state index in [0.717, 1.165) is 30.6 Å². The molecule has 1 aliphatic heterocycles. The second kappa shape index (κ2) is 8.66. The van der Waals surface area contributed by atoms with Crippen molar-refractivity contribution in [2.75, 3.05) is 19.6 Å². The summed E-state index contributed by atoms with van der Waals surface area (Å²) in [5.74, 6) is 0.789. The number of benzene rings is 2. The normalized spacial score (nSPS) is 16.4. The Morgan fingerprint density at radius 1 is 1.08 bits per heavy atom. The number of halogens is 1. The van der Waals surface area contributed by atoms with Crippen LogP contribution in [0.5, 0.6) is 0 Å². The molecule has 1 aliphatic rings. The molecular formula is C21H27ClN2. The molecule has 0 spiro atoms. The van der Waals surface area contributed by atoms with E-state index >= 15 is 0 Å². The molecule has 128 valence electrons. The minimum atomic E-state index is 0.789. The van der Waals surface area contributed by atoms with Crippen LogP contribution in [0.2, 0.25) is 5.02 Å². The van der Waals surface area contributed by atoms with Gasteiger partial charge in [0, 0.05) is 18.1 Å². The van der Waals surface area contributed by atoms with Crippen molar-refractivity contribution in [3.63, 3.8) is 0 Å². The highest BCUT2D eigenvalue weighted by Gasteiger charge is 2.19. The van der Waals surface area contributed by atoms with E-state index in [4.69, 9.17) is 11.6 Å². The predicted octanol–water partition coefficient (Wildman–Crippen LogP) is 4.65. The summed E-state index contributed by atoms with van der Waals surface area (Å²) in [5.41, 5.74) is 3.96. The van der Waals surface area contributed by atoms with E-state index in [1.807, 2.05) is 12.1 Å². The zero-order valence-electron chi connectivity index (χ0n) is 14.5. The molecule has 1 saturated heterocycles. The summed E-state index contributed by atoms with van der Waals surface area (Å²) in [4.78, 5) is 2.53. The molecule has 0 radical (unpaired) electrons. The maximum atomic E-state index is 6.27. The van der Waals surface area contributed by atoms with Crippen molar-refractivity contribution < 1.29 is 0 Å². The van der Waals surface area contributed by atoms with Crippen LogP contribution in [-0.2, 0) is 13.1 Å². The van der Waals surface area contributed by atoms with Gasteiger partial charge < -0.3 is 5.32 Å². The van der Waals surface area contributed by atoms with E-state index < -0.39 is 0 Å². The first-order valence-electron chi connectivity index (χ1n) is 8.93. The standard InChI is InChI=1S/C21H27ClN2/c1-17-5-4-6-19(13-17)15-23-14-18-9-11-24(12-10-18)16-20-7-2-3-8-21(20)22/h2-8,13,18,23H,9-12,14-16H2,1H3. The average molecular weight is 343 g/mol. The molecule has 1 fully saturated rings. The van der Waals surface area contributed by atoms with Gasteiger partial charge in [0.2, 0.25) is 0 Å². The lowest BCUT2D eigenvalue weighted by Gasteiger charge is -2.32. The van der Waals surface area contributed by atoms with Gasteiger partial charge in [-0.1, -0.05) is 59.6 Å². The number of aryl methyl sites for hydroxylation is 1. The molecular weight excluding hydrogens is 316 g/mol. The number of piperidine rings is 1. The molecule has 0 bridgehead atoms. The third-order valence-corrected chi connectivity index (χ3v) is 5.27. The van der Waals surface area contributed by atoms with Gasteiger partial charge in [-0.3, -0.25) is 4.90 Å². The Labute approximate surface area is 150 Å². The van der Waals surface area contributed by atoms with Gasteiger partial charge in [0.25, 0.3) is 0 Å². The Morgan fingerprint density at radius 3 is 2.62 bits per heavy atom. The van der Waals surface area contributed by atoms with E-state index in [1.54, 1.807) is 0 Å². The summed E-state index contributed by atoms with van der Waals surface area (Å²) in [6.45, 7) is 7.56. The largest absolute Gasteiger partial charge is 0.312 e. The molecule has 3 heteroatoms. The number of rotatable bonds is 6. The molecule has 0 saturated carbocycles. The van der Waals surface area contributed by atoms with Gasteiger partial charge in [-0.2, -0.15) is 0 Å². The van der Waals surface area contributed by atoms with Crippen molar-refractivity contribution in [3.8, 4) is 0 Å². The van der Waals surface area contributed by atoms with Crippen LogP contribution in [0, 0.1) is 12.8 Å². The fraction of sp³-hybridized carbons (Fsp3) is 0.429. The van der Waals surface area contributed by atoms with E-state index in [9.17, 15) is 0 Å². The summed E-state index contributed by atoms with van der Waals surface area (Å²) in [7, 11) is 0. The van der Waals surface area contributed by atoms with Crippen LogP contribution >= 0.6 is 11.6 Å². The molecule has 3 rings (SSSR count). The molecule has 2 nitrogen and oxygen atoms in total. The quantitative estimate of drug-likeness (QED) is 0.822. The van der Waals surface area contributed by atoms with Crippen molar-refractivity contribution in [2.24, 2.45) is 5.92 Å². The Balaban J connectivity index is 1.38. The minimum absolute atomic E-state index is 0.789. The van der Waals surface area contributed by atoms with Crippen LogP contribution in [0.3, 0.4) is 0 Å². The topological polar surface area (TPSA) is 15.3 Å². The van der Waals surface area contributed by atoms with Gasteiger partial charge in [0.05, 0.1) is 0 Å². The van der Waals surface area contributed by atoms with Crippen LogP contribution in [0.15, 0.2) is 48.5 Å². The third-order valence-electron chi connectivity index (χ3n) is 4.90. The van der Waals surface area contributed by atoms with Crippen LogP contribution in [-0.4, -0.2) is 24.5 Å². The predicted molar refractivity (Wildman–Crippen MR) is 102 cm³/mol. The number of hydrogen-bond acceptors (Lipinski definition) is 2. The van der Waals surface area contributed by atoms with Crippen LogP contribution in [0.25, 0.3) is 0 Å². The summed E-state index contributed by atoms with van der Waals surface area (Å²) in [5, 5.41) is 4.52. The molecule has 0 aliphatic carbocycles. The molecule has 24 heavy (non-hydrogen) atoms. The Kier molecular flexibility index (Phi) is 6.30. The first-order chi connectivity index (χ1) is 11.7. The molecule has 2 aromatic carbocycles. The molecule has 0 aromatic heterocycles. The Morgan fingerprint density at radius 2 is 1.88 bits per heavy atom. The van der Waals surface area contributed by atoms with E-state index in [-0.39, 0.29) is 0 Å². The molecule has 2 aromatic rings. The molecule has 0 atom stereocenters. The molecule has 1 heterocycles. The van der Waals surface area contributed by atoms with Gasteiger partial charge >= 0.3 is 0 Å². The number of hydrogen-bond donors (Lipinski definition) is 1. The fourth-order valence-electron chi connectivity index (χ4n) is 3.46. The first-order valence-corrected chi connectivity index (χ1v) is 9.30. The Hall–Kier alpha value is -1.35. The summed E-state index contributed by atoms with van der Waals surface area (Å²) in [6.07, 6.45) is 2.54. The van der Waals surface area contributed by atoms with Gasteiger partial charge in [0.1, 0.15) is 0 Å². The van der Waals surface area contributed by atoms with Crippen molar-refractivity contribution in [1.29, 1.82) is 0 Å². The lowest BCUT2D eigenvalue weighted by Crippen LogP contribution is -2.36. The zero-order valence-corrected chi connectivity index (χ0v) is 15.2. The summed E-state index contributed by atoms with van der Waals surface area (Å²) < 4.78 is 0. The number of nitrogens with one attached hydrogen (secondary N) is 1. The second-order valence-corrected chi connectivity index (χ2v) is 7.34. The van der Waals surface area contributed by atoms with Gasteiger partial charge in [0.15, 0.2) is 0 Å². The maximum absolute atomic E-state index is 6.27. The highest BCUT2D eigenvalue weighted by atomic mass is 35.5. The first kappa shape index (κ1) is 17.5. The molecule has 1 N–H and O–H groups in total. The molecule has 0 amide bonds. The van der Waals surface area contributed by atoms with E-state index in [2.05, 4.69) is 53.5 Å². The Bertz CT molecular complexity index is 648. The van der Waals surface area contributed by atoms with Crippen molar-refractivity contribution >= 4 is 11.6 Å². The van der Waals surface area contributed by atoms with Crippen LogP contribution < -0.4 is 5.32 Å². The van der Waals surface area contributed by atoms with Gasteiger partial charge in [-0.15, -0.1) is 0 Å². The lowest BCUT2D eigenvalue weighted by atomic mass is 9.96. The van der Waals surface area contributed by atoms with Crippen molar-refractivity contribution in [2.45, 2.75) is 32.9 Å². The average Bonchev–Trinajstić information content (AvgIpc) is 2.59. The highest BCUT2D eigenvalue weighted by molar-refractivity contribution is 6.31. The van der Waals surface area contributed by atoms with Crippen LogP contribution in [0.1, 0.15) is 29.5 Å². The fourth-order valence-corrected chi connectivity index (χ4v) is 3.65. The SMILES string of the molecule is Cc1cccc(CNCC2CCN(Cc3ccccc3Cl)CC2)c1. The lowest BCUT2D eigenvalue weighted by molar-refractivity contribution is 0.175. The number of likely N-dealkylation sites (tertiary alicyclic amines) is 1. The monoisotopic (exact) mass is 342 g/mol. The van der Waals surface area contributed by atoms with E-state index in [1.165, 1.54) is 42.6 Å². The zero-order chi connectivity index (χ0) is 16.8. The minimum Gasteiger partial charge on any atom is -0.312 e. The summed E-state index contributed by atoms with van der Waals surface area (Å²) in [6, 6.07) is 16.9. The van der Waals surface area contributed by atoms with Gasteiger partial charge in [-0.05, 0) is 62.5 Å². The van der Waals surface area contributed by atoms with Crippen molar-refractivity contribution in [1.82, 2.24) is 10.2 Å². The number of nitrogens with zero attached hydrogens (tertiary/aromatic N) is 1. The van der Waals surface area contributed by atoms with E-state index in [0.29, 0.717) is 0 Å².